The molecule has 5 heterocycles. The van der Waals surface area contributed by atoms with Crippen LogP contribution in [-0.4, -0.2) is 84.5 Å². The molecule has 0 amide bonds. The zero-order valence-electron chi connectivity index (χ0n) is 22.4. The number of nitrogens with one attached hydrogen (secondary N) is 2. The van der Waals surface area contributed by atoms with Gasteiger partial charge >= 0.3 is 0 Å². The molecule has 0 aliphatic carbocycles. The number of benzene rings is 1. The van der Waals surface area contributed by atoms with Crippen LogP contribution < -0.4 is 25.2 Å². The molecule has 3 aromatic heterocycles. The summed E-state index contributed by atoms with van der Waals surface area (Å²) < 4.78 is 42.0. The number of anilines is 4. The number of nitrogens with two attached hydrogens (primary N) is 1. The zero-order valence-corrected chi connectivity index (χ0v) is 24.9. The summed E-state index contributed by atoms with van der Waals surface area (Å²) in [4.78, 5) is 18.9. The molecule has 41 heavy (non-hydrogen) atoms. The number of aryl methyl sites for hydroxylation is 1. The first kappa shape index (κ1) is 28.9. The smallest absolute Gasteiger partial charge is 0.263 e. The molecule has 2 aliphatic heterocycles. The molecule has 2 fully saturated rings. The third-order valence-electron chi connectivity index (χ3n) is 6.98. The summed E-state index contributed by atoms with van der Waals surface area (Å²) in [5.41, 5.74) is 8.27. The normalized spacial score (nSPS) is 17.4. The minimum atomic E-state index is -3.74. The zero-order chi connectivity index (χ0) is 29.0. The number of H-pyrrole nitrogens is 1. The third kappa shape index (κ3) is 6.33. The Morgan fingerprint density at radius 2 is 1.83 bits per heavy atom. The second-order valence-electron chi connectivity index (χ2n) is 9.49. The van der Waals surface area contributed by atoms with Crippen molar-refractivity contribution in [3.05, 3.63) is 41.8 Å². The van der Waals surface area contributed by atoms with Gasteiger partial charge in [0.05, 0.1) is 21.5 Å². The summed E-state index contributed by atoms with van der Waals surface area (Å²) in [7, 11) is -3.74. The van der Waals surface area contributed by atoms with Crippen molar-refractivity contribution in [2.45, 2.75) is 30.8 Å². The monoisotopic (exact) mass is 618 g/mol. The van der Waals surface area contributed by atoms with Crippen LogP contribution in [0.25, 0.3) is 11.0 Å². The molecular formula is C25H31FN10O2S3. The van der Waals surface area contributed by atoms with E-state index in [0.29, 0.717) is 25.9 Å². The van der Waals surface area contributed by atoms with Gasteiger partial charge in [-0.1, -0.05) is 30.5 Å². The molecule has 0 saturated carbocycles. The van der Waals surface area contributed by atoms with E-state index in [1.54, 1.807) is 18.5 Å². The lowest BCUT2D eigenvalue weighted by Gasteiger charge is -2.37. The van der Waals surface area contributed by atoms with Crippen LogP contribution in [0.3, 0.4) is 0 Å². The minimum Gasteiger partial charge on any atom is -0.396 e. The predicted molar refractivity (Wildman–Crippen MR) is 164 cm³/mol. The number of alkyl halides is 1. The van der Waals surface area contributed by atoms with Crippen LogP contribution in [0, 0.1) is 0 Å². The molecule has 1 atom stereocenters. The first-order chi connectivity index (χ1) is 19.8. The maximum atomic E-state index is 13.9. The summed E-state index contributed by atoms with van der Waals surface area (Å²) in [6.45, 7) is 5.98. The molecule has 0 unspecified atom stereocenters. The third-order valence-corrected chi connectivity index (χ3v) is 9.45. The highest BCUT2D eigenvalue weighted by Gasteiger charge is 2.28. The molecule has 0 spiro atoms. The van der Waals surface area contributed by atoms with E-state index in [2.05, 4.69) is 62.5 Å². The van der Waals surface area contributed by atoms with Crippen molar-refractivity contribution < 1.29 is 12.8 Å². The van der Waals surface area contributed by atoms with Crippen LogP contribution in [0.2, 0.25) is 0 Å². The Balaban J connectivity index is 0.00000108. The standard InChI is InChI=1S/C24H28FN9O2S2.CH3NS/c1-2-20-29-30-24(37-20)31-38(35,36)18-5-3-17(4-6-18)32-9-11-33(12-10-32)23-21-19(34-8-7-16(25)14-34)13-26-22(21)27-15-28-23;2-1-3/h3-6,13,15-16H,2,7-12,14H2,1H3,(H,30,31)(H,26,27,28);1H,(H2,2,3)/t16-;/m0./s1. The van der Waals surface area contributed by atoms with E-state index in [9.17, 15) is 12.8 Å². The van der Waals surface area contributed by atoms with Crippen LogP contribution in [0.5, 0.6) is 0 Å². The summed E-state index contributed by atoms with van der Waals surface area (Å²) >= 11 is 5.28. The highest BCUT2D eigenvalue weighted by atomic mass is 32.2. The van der Waals surface area contributed by atoms with Crippen molar-refractivity contribution >= 4 is 72.4 Å². The minimum absolute atomic E-state index is 0.175. The Morgan fingerprint density at radius 1 is 1.12 bits per heavy atom. The van der Waals surface area contributed by atoms with Crippen molar-refractivity contribution in [3.8, 4) is 0 Å². The molecule has 0 radical (unpaired) electrons. The van der Waals surface area contributed by atoms with Gasteiger partial charge in [-0.25, -0.2) is 22.8 Å². The second kappa shape index (κ2) is 12.5. The average molecular weight is 619 g/mol. The maximum Gasteiger partial charge on any atom is 0.263 e. The number of hydrogen-bond acceptors (Lipinski definition) is 11. The number of thiocarbonyl (C=S) groups is 1. The average Bonchev–Trinajstić information content (AvgIpc) is 3.73. The van der Waals surface area contributed by atoms with E-state index in [0.717, 1.165) is 64.9 Å². The topological polar surface area (TPSA) is 149 Å². The number of sulfonamides is 1. The van der Waals surface area contributed by atoms with Gasteiger partial charge in [0, 0.05) is 51.2 Å². The first-order valence-electron chi connectivity index (χ1n) is 13.1. The van der Waals surface area contributed by atoms with Crippen LogP contribution in [-0.2, 0) is 16.4 Å². The highest BCUT2D eigenvalue weighted by molar-refractivity contribution is 7.93. The van der Waals surface area contributed by atoms with Crippen molar-refractivity contribution in [2.24, 2.45) is 5.73 Å². The van der Waals surface area contributed by atoms with Crippen LogP contribution in [0.1, 0.15) is 18.4 Å². The molecule has 1 aromatic carbocycles. The molecule has 6 rings (SSSR count). The van der Waals surface area contributed by atoms with Gasteiger partial charge in [-0.3, -0.25) is 4.72 Å². The van der Waals surface area contributed by atoms with E-state index in [4.69, 9.17) is 0 Å². The lowest BCUT2D eigenvalue weighted by Crippen LogP contribution is -2.47. The van der Waals surface area contributed by atoms with E-state index in [1.807, 2.05) is 25.3 Å². The van der Waals surface area contributed by atoms with Crippen molar-refractivity contribution in [3.63, 3.8) is 0 Å². The summed E-state index contributed by atoms with van der Waals surface area (Å²) in [6.07, 6.45) is 3.88. The van der Waals surface area contributed by atoms with E-state index in [-0.39, 0.29) is 10.0 Å². The number of rotatable bonds is 7. The number of piperazine rings is 1. The summed E-state index contributed by atoms with van der Waals surface area (Å²) in [5.74, 6) is 0.851. The molecule has 2 aliphatic rings. The molecule has 2 saturated heterocycles. The van der Waals surface area contributed by atoms with Gasteiger partial charge < -0.3 is 25.4 Å². The Labute approximate surface area is 246 Å². The highest BCUT2D eigenvalue weighted by Crippen LogP contribution is 2.35. The Kier molecular flexibility index (Phi) is 8.79. The Morgan fingerprint density at radius 3 is 2.46 bits per heavy atom. The molecule has 4 N–H and O–H groups in total. The van der Waals surface area contributed by atoms with Crippen LogP contribution in [0.15, 0.2) is 41.7 Å². The van der Waals surface area contributed by atoms with Crippen molar-refractivity contribution in [1.82, 2.24) is 25.1 Å². The van der Waals surface area contributed by atoms with Crippen molar-refractivity contribution in [2.75, 3.05) is 58.7 Å². The summed E-state index contributed by atoms with van der Waals surface area (Å²) in [5, 5.41) is 9.83. The fraction of sp³-hybridized carbons (Fsp3) is 0.400. The van der Waals surface area contributed by atoms with Crippen LogP contribution >= 0.6 is 23.6 Å². The second-order valence-corrected chi connectivity index (χ2v) is 12.5. The fourth-order valence-electron chi connectivity index (χ4n) is 4.98. The van der Waals surface area contributed by atoms with Gasteiger partial charge in [-0.05, 0) is 37.1 Å². The Hall–Kier alpha value is -3.63. The SMILES string of the molecule is CCc1nnc(NS(=O)(=O)c2ccc(N3CCN(c4ncnc5[nH]cc(N6CC[C@H](F)C6)c45)CC3)cc2)s1.NC=S. The predicted octanol–water partition coefficient (Wildman–Crippen LogP) is 2.95. The lowest BCUT2D eigenvalue weighted by molar-refractivity contribution is 0.364. The molecule has 0 bridgehead atoms. The largest absolute Gasteiger partial charge is 0.396 e. The van der Waals surface area contributed by atoms with Gasteiger partial charge in [0.1, 0.15) is 29.0 Å². The quantitative estimate of drug-likeness (QED) is 0.263. The number of aromatic nitrogens is 5. The number of nitrogens with zero attached hydrogens (tertiary/aromatic N) is 7. The molecule has 12 nitrogen and oxygen atoms in total. The molecular weight excluding hydrogens is 588 g/mol. The molecule has 16 heteroatoms. The first-order valence-corrected chi connectivity index (χ1v) is 15.9. The number of halogens is 1. The number of fused-ring (bicyclic) bond motifs is 1. The van der Waals surface area contributed by atoms with Crippen LogP contribution in [0.4, 0.5) is 26.7 Å². The van der Waals surface area contributed by atoms with Gasteiger partial charge in [0.2, 0.25) is 5.13 Å². The molecule has 4 aromatic rings. The van der Waals surface area contributed by atoms with Gasteiger partial charge in [-0.15, -0.1) is 10.2 Å². The summed E-state index contributed by atoms with van der Waals surface area (Å²) in [6, 6.07) is 6.88. The van der Waals surface area contributed by atoms with E-state index < -0.39 is 16.2 Å². The number of aromatic amines is 1. The van der Waals surface area contributed by atoms with E-state index >= 15 is 0 Å². The molecule has 218 valence electrons. The maximum absolute atomic E-state index is 13.9. The fourth-order valence-corrected chi connectivity index (χ4v) is 6.89. The van der Waals surface area contributed by atoms with Gasteiger partial charge in [0.25, 0.3) is 10.0 Å². The number of hydrogen-bond donors (Lipinski definition) is 3. The van der Waals surface area contributed by atoms with Gasteiger partial charge in [0.15, 0.2) is 0 Å². The lowest BCUT2D eigenvalue weighted by atomic mass is 10.2. The Bertz CT molecular complexity index is 1590. The van der Waals surface area contributed by atoms with E-state index in [1.165, 1.54) is 11.3 Å². The van der Waals surface area contributed by atoms with Gasteiger partial charge in [-0.2, -0.15) is 0 Å². The van der Waals surface area contributed by atoms with Crippen molar-refractivity contribution in [1.29, 1.82) is 0 Å².